The van der Waals surface area contributed by atoms with Gasteiger partial charge < -0.3 is 14.6 Å². The van der Waals surface area contributed by atoms with Crippen molar-refractivity contribution in [1.82, 2.24) is 4.57 Å². The predicted octanol–water partition coefficient (Wildman–Crippen LogP) is 4.73. The summed E-state index contributed by atoms with van der Waals surface area (Å²) < 4.78 is 12.3. The smallest absolute Gasteiger partial charge is 0.261 e. The summed E-state index contributed by atoms with van der Waals surface area (Å²) in [5.41, 5.74) is 1.23. The van der Waals surface area contributed by atoms with Crippen LogP contribution in [0.4, 0.5) is 0 Å². The fraction of sp³-hybridized carbons (Fsp3) is 0.407. The average molecular weight is 445 g/mol. The Hall–Kier alpha value is -3.28. The van der Waals surface area contributed by atoms with E-state index in [4.69, 9.17) is 14.5 Å². The first-order valence-corrected chi connectivity index (χ1v) is 11.8. The van der Waals surface area contributed by atoms with E-state index in [1.54, 1.807) is 6.21 Å². The molecule has 6 heteroatoms. The average Bonchev–Trinajstić information content (AvgIpc) is 3.58. The van der Waals surface area contributed by atoms with E-state index in [1.165, 1.54) is 30.3 Å². The Kier molecular flexibility index (Phi) is 4.89. The Labute approximate surface area is 192 Å². The molecule has 2 saturated carbocycles. The molecular formula is C27H28N2O4. The number of aliphatic imine (C=N–C) groups is 1. The molecule has 0 radical (unpaired) electrons. The lowest BCUT2D eigenvalue weighted by Gasteiger charge is -2.25. The highest BCUT2D eigenvalue weighted by atomic mass is 16.7. The first-order chi connectivity index (χ1) is 16.1. The second kappa shape index (κ2) is 7.94. The molecule has 0 spiro atoms. The molecule has 1 N–H and O–H groups in total. The first-order valence-electron chi connectivity index (χ1n) is 11.8. The maximum atomic E-state index is 13.3. The summed E-state index contributed by atoms with van der Waals surface area (Å²) in [6.07, 6.45) is 7.08. The SMILES string of the molecule is CC(N=Cc1c(O)n(Cc2ccc3c(c2)OCO3)c(=O)c2ccccc12)C1CC2CCC1C2. The van der Waals surface area contributed by atoms with Crippen LogP contribution >= 0.6 is 0 Å². The third kappa shape index (κ3) is 3.48. The summed E-state index contributed by atoms with van der Waals surface area (Å²) in [7, 11) is 0. The van der Waals surface area contributed by atoms with E-state index in [-0.39, 0.29) is 30.8 Å². The van der Waals surface area contributed by atoms with Crippen molar-refractivity contribution in [3.05, 3.63) is 63.9 Å². The van der Waals surface area contributed by atoms with Gasteiger partial charge in [-0.05, 0) is 67.7 Å². The molecule has 2 heterocycles. The van der Waals surface area contributed by atoms with Crippen LogP contribution in [0.25, 0.3) is 10.8 Å². The second-order valence-electron chi connectivity index (χ2n) is 9.72. The van der Waals surface area contributed by atoms with E-state index in [0.717, 1.165) is 22.8 Å². The van der Waals surface area contributed by atoms with Crippen molar-refractivity contribution in [2.45, 2.75) is 45.2 Å². The summed E-state index contributed by atoms with van der Waals surface area (Å²) >= 11 is 0. The van der Waals surface area contributed by atoms with Crippen molar-refractivity contribution in [1.29, 1.82) is 0 Å². The number of rotatable bonds is 5. The van der Waals surface area contributed by atoms with Gasteiger partial charge in [0.05, 0.1) is 18.2 Å². The molecule has 2 bridgehead atoms. The van der Waals surface area contributed by atoms with Crippen molar-refractivity contribution >= 4 is 17.0 Å². The molecule has 2 aromatic carbocycles. The molecule has 2 aliphatic carbocycles. The zero-order valence-electron chi connectivity index (χ0n) is 18.7. The van der Waals surface area contributed by atoms with Crippen LogP contribution < -0.4 is 15.0 Å². The van der Waals surface area contributed by atoms with E-state index in [1.807, 2.05) is 42.5 Å². The van der Waals surface area contributed by atoms with Gasteiger partial charge in [-0.1, -0.05) is 30.7 Å². The van der Waals surface area contributed by atoms with Crippen LogP contribution in [-0.2, 0) is 6.54 Å². The zero-order chi connectivity index (χ0) is 22.5. The van der Waals surface area contributed by atoms with Gasteiger partial charge in [-0.3, -0.25) is 14.4 Å². The van der Waals surface area contributed by atoms with E-state index < -0.39 is 0 Å². The minimum absolute atomic E-state index is 0.0553. The number of aromatic nitrogens is 1. The molecule has 4 atom stereocenters. The van der Waals surface area contributed by atoms with Crippen LogP contribution in [0.15, 0.2) is 52.3 Å². The van der Waals surface area contributed by atoms with Crippen LogP contribution in [0, 0.1) is 17.8 Å². The largest absolute Gasteiger partial charge is 0.494 e. The number of fused-ring (bicyclic) bond motifs is 4. The molecule has 0 amide bonds. The third-order valence-electron chi connectivity index (χ3n) is 7.82. The van der Waals surface area contributed by atoms with Crippen LogP contribution in [0.1, 0.15) is 43.7 Å². The lowest BCUT2D eigenvalue weighted by Crippen LogP contribution is -2.23. The molecule has 4 unspecified atom stereocenters. The summed E-state index contributed by atoms with van der Waals surface area (Å²) in [6, 6.07) is 13.2. The topological polar surface area (TPSA) is 73.1 Å². The molecule has 2 fully saturated rings. The summed E-state index contributed by atoms with van der Waals surface area (Å²) in [4.78, 5) is 18.2. The molecule has 170 valence electrons. The molecule has 6 rings (SSSR count). The Morgan fingerprint density at radius 2 is 1.94 bits per heavy atom. The number of pyridine rings is 1. The molecule has 1 aliphatic heterocycles. The van der Waals surface area contributed by atoms with Crippen molar-refractivity contribution in [3.8, 4) is 17.4 Å². The van der Waals surface area contributed by atoms with Crippen molar-refractivity contribution in [3.63, 3.8) is 0 Å². The Morgan fingerprint density at radius 1 is 1.12 bits per heavy atom. The first kappa shape index (κ1) is 20.3. The summed E-state index contributed by atoms with van der Waals surface area (Å²) in [5, 5.41) is 12.5. The van der Waals surface area contributed by atoms with Crippen LogP contribution in [0.2, 0.25) is 0 Å². The highest BCUT2D eigenvalue weighted by Crippen LogP contribution is 2.50. The molecule has 6 nitrogen and oxygen atoms in total. The van der Waals surface area contributed by atoms with E-state index in [0.29, 0.717) is 28.4 Å². The van der Waals surface area contributed by atoms with Crippen molar-refractivity contribution in [2.24, 2.45) is 22.7 Å². The minimum atomic E-state index is -0.223. The molecule has 3 aromatic rings. The van der Waals surface area contributed by atoms with Gasteiger partial charge in [-0.15, -0.1) is 0 Å². The third-order valence-corrected chi connectivity index (χ3v) is 7.82. The fourth-order valence-electron chi connectivity index (χ4n) is 6.10. The predicted molar refractivity (Wildman–Crippen MR) is 128 cm³/mol. The fourth-order valence-corrected chi connectivity index (χ4v) is 6.10. The number of hydrogen-bond acceptors (Lipinski definition) is 5. The number of aromatic hydroxyl groups is 1. The zero-order valence-corrected chi connectivity index (χ0v) is 18.7. The Bertz CT molecular complexity index is 1310. The van der Waals surface area contributed by atoms with Crippen molar-refractivity contribution < 1.29 is 14.6 Å². The monoisotopic (exact) mass is 444 g/mol. The number of nitrogens with zero attached hydrogens (tertiary/aromatic N) is 2. The van der Waals surface area contributed by atoms with Gasteiger partial charge in [0.15, 0.2) is 11.5 Å². The van der Waals surface area contributed by atoms with E-state index in [2.05, 4.69) is 6.92 Å². The maximum Gasteiger partial charge on any atom is 0.261 e. The number of hydrogen-bond donors (Lipinski definition) is 1. The van der Waals surface area contributed by atoms with E-state index in [9.17, 15) is 9.90 Å². The van der Waals surface area contributed by atoms with Gasteiger partial charge in [-0.2, -0.15) is 0 Å². The van der Waals surface area contributed by atoms with Crippen LogP contribution in [0.5, 0.6) is 17.4 Å². The van der Waals surface area contributed by atoms with Crippen LogP contribution in [-0.4, -0.2) is 28.7 Å². The minimum Gasteiger partial charge on any atom is -0.494 e. The standard InChI is InChI=1S/C27H28N2O4/c1-16(22-11-17-6-8-19(22)10-17)28-13-23-20-4-2-3-5-21(20)26(30)29(27(23)31)14-18-7-9-24-25(12-18)33-15-32-24/h2-5,7,9,12-13,16-17,19,22,31H,6,8,10-11,14-15H2,1H3. The van der Waals surface area contributed by atoms with E-state index >= 15 is 0 Å². The normalized spacial score (nSPS) is 24.2. The summed E-state index contributed by atoms with van der Waals surface area (Å²) in [5.74, 6) is 3.56. The Morgan fingerprint density at radius 3 is 2.73 bits per heavy atom. The maximum absolute atomic E-state index is 13.3. The number of ether oxygens (including phenoxy) is 2. The van der Waals surface area contributed by atoms with Gasteiger partial charge in [0.2, 0.25) is 12.7 Å². The highest BCUT2D eigenvalue weighted by molar-refractivity contribution is 6.01. The van der Waals surface area contributed by atoms with Gasteiger partial charge in [0, 0.05) is 17.0 Å². The lowest BCUT2D eigenvalue weighted by atomic mass is 9.84. The Balaban J connectivity index is 1.38. The highest BCUT2D eigenvalue weighted by Gasteiger charge is 2.41. The van der Waals surface area contributed by atoms with Gasteiger partial charge in [0.1, 0.15) is 0 Å². The number of benzene rings is 2. The molecule has 33 heavy (non-hydrogen) atoms. The van der Waals surface area contributed by atoms with Crippen molar-refractivity contribution in [2.75, 3.05) is 6.79 Å². The molecule has 1 aromatic heterocycles. The van der Waals surface area contributed by atoms with Gasteiger partial charge in [-0.25, -0.2) is 0 Å². The quantitative estimate of drug-likeness (QED) is 0.578. The molecule has 3 aliphatic rings. The van der Waals surface area contributed by atoms with Gasteiger partial charge in [0.25, 0.3) is 5.56 Å². The summed E-state index contributed by atoms with van der Waals surface area (Å²) in [6.45, 7) is 2.61. The lowest BCUT2D eigenvalue weighted by molar-refractivity contribution is 0.174. The van der Waals surface area contributed by atoms with Gasteiger partial charge >= 0.3 is 0 Å². The second-order valence-corrected chi connectivity index (χ2v) is 9.72. The van der Waals surface area contributed by atoms with Crippen LogP contribution in [0.3, 0.4) is 0 Å². The molecule has 0 saturated heterocycles. The molecular weight excluding hydrogens is 416 g/mol.